The fourth-order valence-corrected chi connectivity index (χ4v) is 1.24. The summed E-state index contributed by atoms with van der Waals surface area (Å²) in [7, 11) is 2.13. The van der Waals surface area contributed by atoms with Crippen molar-refractivity contribution in [2.45, 2.75) is 19.8 Å². The Bertz CT molecular complexity index is 206. The molecule has 1 rings (SSSR count). The molecular weight excluding hydrogens is 150 g/mol. The van der Waals surface area contributed by atoms with Gasteiger partial charge in [-0.1, -0.05) is 13.8 Å². The first-order chi connectivity index (χ1) is 5.74. The summed E-state index contributed by atoms with van der Waals surface area (Å²) in [4.78, 5) is 2.30. The van der Waals surface area contributed by atoms with Crippen LogP contribution in [-0.4, -0.2) is 35.2 Å². The summed E-state index contributed by atoms with van der Waals surface area (Å²) in [5, 5.41) is 6.92. The summed E-state index contributed by atoms with van der Waals surface area (Å²) < 4.78 is 0. The number of aromatic amines is 1. The maximum Gasteiger partial charge on any atom is 0.0490 e. The van der Waals surface area contributed by atoms with Crippen molar-refractivity contribution in [2.24, 2.45) is 0 Å². The highest BCUT2D eigenvalue weighted by Gasteiger charge is 2.07. The van der Waals surface area contributed by atoms with Gasteiger partial charge < -0.3 is 4.90 Å². The molecule has 3 heteroatoms. The van der Waals surface area contributed by atoms with E-state index in [9.17, 15) is 0 Å². The normalized spacial score (nSPS) is 13.7. The zero-order chi connectivity index (χ0) is 8.97. The Morgan fingerprint density at radius 1 is 1.67 bits per heavy atom. The second-order valence-corrected chi connectivity index (χ2v) is 3.27. The summed E-state index contributed by atoms with van der Waals surface area (Å²) in [6.07, 6.45) is 1.80. The van der Waals surface area contributed by atoms with Gasteiger partial charge >= 0.3 is 0 Å². The van der Waals surface area contributed by atoms with E-state index in [-0.39, 0.29) is 0 Å². The lowest BCUT2D eigenvalue weighted by atomic mass is 10.1. The molecule has 0 saturated heterocycles. The van der Waals surface area contributed by atoms with Crippen LogP contribution >= 0.6 is 0 Å². The van der Waals surface area contributed by atoms with Gasteiger partial charge in [0.2, 0.25) is 0 Å². The number of hydrogen-bond acceptors (Lipinski definition) is 2. The first-order valence-corrected chi connectivity index (χ1v) is 4.41. The molecule has 0 aliphatic heterocycles. The van der Waals surface area contributed by atoms with Crippen molar-refractivity contribution in [3.63, 3.8) is 0 Å². The number of nitrogens with zero attached hydrogens (tertiary/aromatic N) is 2. The van der Waals surface area contributed by atoms with E-state index in [1.807, 2.05) is 6.07 Å². The van der Waals surface area contributed by atoms with Crippen molar-refractivity contribution in [1.29, 1.82) is 0 Å². The second kappa shape index (κ2) is 4.26. The summed E-state index contributed by atoms with van der Waals surface area (Å²) in [6.45, 7) is 6.55. The van der Waals surface area contributed by atoms with Gasteiger partial charge in [0.05, 0.1) is 0 Å². The minimum absolute atomic E-state index is 0.539. The lowest BCUT2D eigenvalue weighted by molar-refractivity contribution is 0.331. The molecule has 12 heavy (non-hydrogen) atoms. The van der Waals surface area contributed by atoms with Crippen molar-refractivity contribution in [1.82, 2.24) is 15.1 Å². The third kappa shape index (κ3) is 2.34. The van der Waals surface area contributed by atoms with E-state index in [0.29, 0.717) is 5.92 Å². The molecule has 1 atom stereocenters. The topological polar surface area (TPSA) is 31.9 Å². The maximum atomic E-state index is 3.93. The van der Waals surface area contributed by atoms with Crippen molar-refractivity contribution < 1.29 is 0 Å². The van der Waals surface area contributed by atoms with Gasteiger partial charge in [0, 0.05) is 24.4 Å². The van der Waals surface area contributed by atoms with Gasteiger partial charge in [-0.25, -0.2) is 0 Å². The molecule has 0 radical (unpaired) electrons. The molecule has 68 valence electrons. The number of rotatable bonds is 4. The SMILES string of the molecule is CCN(C)CC(C)c1ccn[nH]1. The summed E-state index contributed by atoms with van der Waals surface area (Å²) in [5.74, 6) is 0.539. The van der Waals surface area contributed by atoms with Crippen LogP contribution in [0.3, 0.4) is 0 Å². The molecule has 1 unspecified atom stereocenters. The maximum absolute atomic E-state index is 3.93. The van der Waals surface area contributed by atoms with E-state index < -0.39 is 0 Å². The third-order valence-corrected chi connectivity index (χ3v) is 2.18. The van der Waals surface area contributed by atoms with E-state index >= 15 is 0 Å². The summed E-state index contributed by atoms with van der Waals surface area (Å²) in [6, 6.07) is 2.04. The largest absolute Gasteiger partial charge is 0.306 e. The minimum Gasteiger partial charge on any atom is -0.306 e. The Labute approximate surface area is 73.8 Å². The molecule has 0 amide bonds. The van der Waals surface area contributed by atoms with E-state index in [0.717, 1.165) is 13.1 Å². The highest BCUT2D eigenvalue weighted by Crippen LogP contribution is 2.11. The zero-order valence-electron chi connectivity index (χ0n) is 8.04. The van der Waals surface area contributed by atoms with E-state index in [1.165, 1.54) is 5.69 Å². The zero-order valence-corrected chi connectivity index (χ0v) is 8.04. The van der Waals surface area contributed by atoms with Crippen molar-refractivity contribution in [3.05, 3.63) is 18.0 Å². The van der Waals surface area contributed by atoms with Gasteiger partial charge in [-0.3, -0.25) is 5.10 Å². The van der Waals surface area contributed by atoms with Crippen LogP contribution in [0.1, 0.15) is 25.5 Å². The molecule has 1 N–H and O–H groups in total. The van der Waals surface area contributed by atoms with Crippen LogP contribution in [0, 0.1) is 0 Å². The molecule has 1 heterocycles. The predicted octanol–water partition coefficient (Wildman–Crippen LogP) is 1.46. The fourth-order valence-electron chi connectivity index (χ4n) is 1.24. The van der Waals surface area contributed by atoms with Crippen molar-refractivity contribution in [3.8, 4) is 0 Å². The van der Waals surface area contributed by atoms with Gasteiger partial charge in [0.1, 0.15) is 0 Å². The second-order valence-electron chi connectivity index (χ2n) is 3.27. The Kier molecular flexibility index (Phi) is 3.29. The molecule has 1 aromatic heterocycles. The van der Waals surface area contributed by atoms with Gasteiger partial charge in [-0.15, -0.1) is 0 Å². The number of aromatic nitrogens is 2. The number of nitrogens with one attached hydrogen (secondary N) is 1. The standard InChI is InChI=1S/C9H17N3/c1-4-12(3)7-8(2)9-5-6-10-11-9/h5-6,8H,4,7H2,1-3H3,(H,10,11). The Balaban J connectivity index is 2.44. The molecular formula is C9H17N3. The van der Waals surface area contributed by atoms with E-state index in [4.69, 9.17) is 0 Å². The minimum atomic E-state index is 0.539. The predicted molar refractivity (Wildman–Crippen MR) is 50.2 cm³/mol. The van der Waals surface area contributed by atoms with Gasteiger partial charge in [-0.2, -0.15) is 5.10 Å². The lowest BCUT2D eigenvalue weighted by Crippen LogP contribution is -2.23. The van der Waals surface area contributed by atoms with Crippen LogP contribution < -0.4 is 0 Å². The fraction of sp³-hybridized carbons (Fsp3) is 0.667. The van der Waals surface area contributed by atoms with E-state index in [2.05, 4.69) is 36.0 Å². The molecule has 0 aliphatic carbocycles. The Hall–Kier alpha value is -0.830. The molecule has 0 fully saturated rings. The Morgan fingerprint density at radius 3 is 2.92 bits per heavy atom. The van der Waals surface area contributed by atoms with Gasteiger partial charge in [-0.05, 0) is 19.7 Å². The summed E-state index contributed by atoms with van der Waals surface area (Å²) >= 11 is 0. The van der Waals surface area contributed by atoms with Gasteiger partial charge in [0.25, 0.3) is 0 Å². The van der Waals surface area contributed by atoms with Crippen LogP contribution in [0.4, 0.5) is 0 Å². The van der Waals surface area contributed by atoms with Crippen molar-refractivity contribution >= 4 is 0 Å². The molecule has 0 aromatic carbocycles. The van der Waals surface area contributed by atoms with Crippen LogP contribution in [0.25, 0.3) is 0 Å². The quantitative estimate of drug-likeness (QED) is 0.736. The molecule has 0 aliphatic rings. The number of likely N-dealkylation sites (N-methyl/N-ethyl adjacent to an activating group) is 1. The first-order valence-electron chi connectivity index (χ1n) is 4.41. The summed E-state index contributed by atoms with van der Waals surface area (Å²) in [5.41, 5.74) is 1.22. The van der Waals surface area contributed by atoms with Gasteiger partial charge in [0.15, 0.2) is 0 Å². The van der Waals surface area contributed by atoms with Crippen LogP contribution in [0.5, 0.6) is 0 Å². The van der Waals surface area contributed by atoms with Crippen LogP contribution in [0.2, 0.25) is 0 Å². The van der Waals surface area contributed by atoms with Crippen LogP contribution in [0.15, 0.2) is 12.3 Å². The first kappa shape index (κ1) is 9.26. The van der Waals surface area contributed by atoms with Crippen LogP contribution in [-0.2, 0) is 0 Å². The molecule has 3 nitrogen and oxygen atoms in total. The monoisotopic (exact) mass is 167 g/mol. The average Bonchev–Trinajstić information content (AvgIpc) is 2.56. The van der Waals surface area contributed by atoms with Crippen molar-refractivity contribution in [2.75, 3.05) is 20.1 Å². The molecule has 0 spiro atoms. The third-order valence-electron chi connectivity index (χ3n) is 2.18. The molecule has 0 bridgehead atoms. The molecule has 0 saturated carbocycles. The number of H-pyrrole nitrogens is 1. The molecule has 1 aromatic rings. The number of hydrogen-bond donors (Lipinski definition) is 1. The highest BCUT2D eigenvalue weighted by atomic mass is 15.1. The average molecular weight is 167 g/mol. The highest BCUT2D eigenvalue weighted by molar-refractivity contribution is 5.04. The smallest absolute Gasteiger partial charge is 0.0490 e. The lowest BCUT2D eigenvalue weighted by Gasteiger charge is -2.18. The Morgan fingerprint density at radius 2 is 2.42 bits per heavy atom. The van der Waals surface area contributed by atoms with E-state index in [1.54, 1.807) is 6.20 Å².